The molecule has 0 atom stereocenters. The molecule has 0 aliphatic carbocycles. The van der Waals surface area contributed by atoms with E-state index in [0.717, 1.165) is 29.7 Å². The molecule has 0 aromatic heterocycles. The lowest BCUT2D eigenvalue weighted by atomic mass is 9.75. The molecule has 1 aromatic rings. The van der Waals surface area contributed by atoms with Crippen molar-refractivity contribution in [3.8, 4) is 0 Å². The van der Waals surface area contributed by atoms with Gasteiger partial charge in [-0.05, 0) is 61.5 Å². The van der Waals surface area contributed by atoms with Crippen molar-refractivity contribution in [3.05, 3.63) is 29.3 Å². The maximum atomic E-state index is 5.88. The van der Waals surface area contributed by atoms with Gasteiger partial charge in [-0.3, -0.25) is 0 Å². The third-order valence-electron chi connectivity index (χ3n) is 4.41. The maximum absolute atomic E-state index is 5.88. The fourth-order valence-corrected chi connectivity index (χ4v) is 3.07. The molecule has 0 amide bonds. The van der Waals surface area contributed by atoms with Crippen LogP contribution in [0.4, 0.5) is 5.69 Å². The summed E-state index contributed by atoms with van der Waals surface area (Å²) in [6.45, 7) is 11.7. The number of nitrogens with zero attached hydrogens (tertiary/aromatic N) is 1. The van der Waals surface area contributed by atoms with E-state index in [2.05, 4.69) is 31.0 Å². The Kier molecular flexibility index (Phi) is 5.34. The molecule has 1 saturated heterocycles. The van der Waals surface area contributed by atoms with Crippen LogP contribution in [0, 0.1) is 11.3 Å². The first kappa shape index (κ1) is 15.7. The zero-order chi connectivity index (χ0) is 14.6. The number of anilines is 1. The van der Waals surface area contributed by atoms with Crippen molar-refractivity contribution in [1.29, 1.82) is 0 Å². The predicted octanol–water partition coefficient (Wildman–Crippen LogP) is 4.51. The van der Waals surface area contributed by atoms with Crippen molar-refractivity contribution < 1.29 is 0 Å². The molecular formula is C17H27ClN2. The van der Waals surface area contributed by atoms with E-state index < -0.39 is 0 Å². The van der Waals surface area contributed by atoms with Gasteiger partial charge in [0.1, 0.15) is 0 Å². The molecule has 0 radical (unpaired) electrons. The van der Waals surface area contributed by atoms with Gasteiger partial charge in [0, 0.05) is 23.8 Å². The highest BCUT2D eigenvalue weighted by atomic mass is 35.5. The van der Waals surface area contributed by atoms with Gasteiger partial charge in [0.25, 0.3) is 0 Å². The number of rotatable bonds is 4. The second-order valence-electron chi connectivity index (χ2n) is 6.92. The summed E-state index contributed by atoms with van der Waals surface area (Å²) in [5.74, 6) is 0.878. The third-order valence-corrected chi connectivity index (χ3v) is 4.67. The van der Waals surface area contributed by atoms with Gasteiger partial charge in [0.2, 0.25) is 0 Å². The van der Waals surface area contributed by atoms with Crippen LogP contribution >= 0.6 is 11.6 Å². The largest absolute Gasteiger partial charge is 0.384 e. The SMILES string of the molecule is CC(C)(C)C1CCN(CCNc2ccc(Cl)cc2)CC1. The minimum absolute atomic E-state index is 0.466. The van der Waals surface area contributed by atoms with E-state index in [-0.39, 0.29) is 0 Å². The van der Waals surface area contributed by atoms with Crippen molar-refractivity contribution in [1.82, 2.24) is 4.90 Å². The van der Waals surface area contributed by atoms with E-state index in [0.29, 0.717) is 5.41 Å². The Morgan fingerprint density at radius 1 is 1.15 bits per heavy atom. The number of hydrogen-bond acceptors (Lipinski definition) is 2. The van der Waals surface area contributed by atoms with Gasteiger partial charge in [0.05, 0.1) is 0 Å². The average molecular weight is 295 g/mol. The summed E-state index contributed by atoms with van der Waals surface area (Å²) >= 11 is 5.88. The summed E-state index contributed by atoms with van der Waals surface area (Å²) in [7, 11) is 0. The van der Waals surface area contributed by atoms with Crippen LogP contribution in [0.15, 0.2) is 24.3 Å². The average Bonchev–Trinajstić information content (AvgIpc) is 2.41. The second kappa shape index (κ2) is 6.82. The Morgan fingerprint density at radius 3 is 2.30 bits per heavy atom. The summed E-state index contributed by atoms with van der Waals surface area (Å²) in [5.41, 5.74) is 1.62. The molecule has 1 aliphatic rings. The van der Waals surface area contributed by atoms with Gasteiger partial charge >= 0.3 is 0 Å². The second-order valence-corrected chi connectivity index (χ2v) is 7.35. The van der Waals surface area contributed by atoms with Crippen LogP contribution in [0.1, 0.15) is 33.6 Å². The third kappa shape index (κ3) is 4.68. The fourth-order valence-electron chi connectivity index (χ4n) is 2.95. The smallest absolute Gasteiger partial charge is 0.0407 e. The van der Waals surface area contributed by atoms with Crippen LogP contribution in [0.3, 0.4) is 0 Å². The summed E-state index contributed by atoms with van der Waals surface area (Å²) < 4.78 is 0. The number of piperidine rings is 1. The van der Waals surface area contributed by atoms with Crippen molar-refractivity contribution in [2.75, 3.05) is 31.5 Å². The topological polar surface area (TPSA) is 15.3 Å². The van der Waals surface area contributed by atoms with E-state index in [4.69, 9.17) is 11.6 Å². The Balaban J connectivity index is 1.67. The minimum atomic E-state index is 0.466. The Hall–Kier alpha value is -0.730. The molecule has 3 heteroatoms. The lowest BCUT2D eigenvalue weighted by Gasteiger charge is -2.38. The highest BCUT2D eigenvalue weighted by Crippen LogP contribution is 2.34. The molecule has 0 bridgehead atoms. The number of benzene rings is 1. The number of likely N-dealkylation sites (tertiary alicyclic amines) is 1. The van der Waals surface area contributed by atoms with Crippen LogP contribution < -0.4 is 5.32 Å². The van der Waals surface area contributed by atoms with E-state index >= 15 is 0 Å². The highest BCUT2D eigenvalue weighted by molar-refractivity contribution is 6.30. The molecule has 0 saturated carbocycles. The van der Waals surface area contributed by atoms with Gasteiger partial charge < -0.3 is 10.2 Å². The van der Waals surface area contributed by atoms with Gasteiger partial charge in [-0.15, -0.1) is 0 Å². The van der Waals surface area contributed by atoms with Crippen LogP contribution in [0.5, 0.6) is 0 Å². The van der Waals surface area contributed by atoms with Crippen molar-refractivity contribution in [2.45, 2.75) is 33.6 Å². The summed E-state index contributed by atoms with van der Waals surface area (Å²) in [5, 5.41) is 4.25. The quantitative estimate of drug-likeness (QED) is 0.879. The number of halogens is 1. The first-order valence-corrected chi connectivity index (χ1v) is 8.05. The van der Waals surface area contributed by atoms with Gasteiger partial charge in [-0.2, -0.15) is 0 Å². The van der Waals surface area contributed by atoms with Crippen molar-refractivity contribution in [3.63, 3.8) is 0 Å². The van der Waals surface area contributed by atoms with E-state index in [1.165, 1.54) is 25.9 Å². The van der Waals surface area contributed by atoms with E-state index in [1.54, 1.807) is 0 Å². The van der Waals surface area contributed by atoms with E-state index in [9.17, 15) is 0 Å². The fraction of sp³-hybridized carbons (Fsp3) is 0.647. The Bertz CT molecular complexity index is 400. The van der Waals surface area contributed by atoms with Gasteiger partial charge in [-0.25, -0.2) is 0 Å². The zero-order valence-electron chi connectivity index (χ0n) is 13.0. The molecule has 1 aromatic carbocycles. The normalized spacial score (nSPS) is 18.2. The molecule has 0 spiro atoms. The standard InChI is InChI=1S/C17H27ClN2/c1-17(2,3)14-8-11-20(12-9-14)13-10-19-16-6-4-15(18)5-7-16/h4-7,14,19H,8-13H2,1-3H3. The van der Waals surface area contributed by atoms with Crippen molar-refractivity contribution >= 4 is 17.3 Å². The van der Waals surface area contributed by atoms with Crippen molar-refractivity contribution in [2.24, 2.45) is 11.3 Å². The number of nitrogens with one attached hydrogen (secondary N) is 1. The Morgan fingerprint density at radius 2 is 1.75 bits per heavy atom. The molecule has 1 heterocycles. The summed E-state index contributed by atoms with van der Waals surface area (Å²) in [4.78, 5) is 2.57. The molecule has 1 N–H and O–H groups in total. The van der Waals surface area contributed by atoms with Gasteiger partial charge in [-0.1, -0.05) is 32.4 Å². The molecule has 1 fully saturated rings. The first-order chi connectivity index (χ1) is 9.45. The monoisotopic (exact) mass is 294 g/mol. The van der Waals surface area contributed by atoms with Crippen LogP contribution in [-0.2, 0) is 0 Å². The molecule has 1 aliphatic heterocycles. The lowest BCUT2D eigenvalue weighted by Crippen LogP contribution is -2.40. The van der Waals surface area contributed by atoms with Gasteiger partial charge in [0.15, 0.2) is 0 Å². The summed E-state index contributed by atoms with van der Waals surface area (Å²) in [6, 6.07) is 7.93. The zero-order valence-corrected chi connectivity index (χ0v) is 13.7. The minimum Gasteiger partial charge on any atom is -0.384 e. The maximum Gasteiger partial charge on any atom is 0.0407 e. The molecule has 2 nitrogen and oxygen atoms in total. The van der Waals surface area contributed by atoms with Crippen LogP contribution in [0.25, 0.3) is 0 Å². The van der Waals surface area contributed by atoms with Crippen LogP contribution in [0.2, 0.25) is 5.02 Å². The Labute approximate surface area is 128 Å². The lowest BCUT2D eigenvalue weighted by molar-refractivity contribution is 0.115. The van der Waals surface area contributed by atoms with Crippen LogP contribution in [-0.4, -0.2) is 31.1 Å². The molecule has 112 valence electrons. The van der Waals surface area contributed by atoms with E-state index in [1.807, 2.05) is 24.3 Å². The predicted molar refractivity (Wildman–Crippen MR) is 88.6 cm³/mol. The molecule has 0 unspecified atom stereocenters. The molecule has 20 heavy (non-hydrogen) atoms. The first-order valence-electron chi connectivity index (χ1n) is 7.67. The molecule has 2 rings (SSSR count). The summed E-state index contributed by atoms with van der Waals surface area (Å²) in [6.07, 6.45) is 2.68. The molecular weight excluding hydrogens is 268 g/mol. The highest BCUT2D eigenvalue weighted by Gasteiger charge is 2.28. The number of hydrogen-bond donors (Lipinski definition) is 1.